The standard InChI is InChI=1S/C32H54NO8P/c1-3-5-7-9-11-12-13-14-15-16-17-18-19-21-23-25-32(35)41-30(29-40-42(36,37)39-27-26-33)28-38-31(34)24-22-20-10-8-6-4-2/h5,7,11-12,14-15,17-18,21,23,30H,3-4,6,8-10,13,16,19-20,22,24-29,33H2,1-2H3,(H,36,37)/b7-5-,12-11-,15-14-,18-17-,23-21-. The van der Waals surface area contributed by atoms with Crippen molar-refractivity contribution < 1.29 is 37.6 Å². The molecule has 0 bridgehead atoms. The van der Waals surface area contributed by atoms with E-state index in [1.165, 1.54) is 6.42 Å². The molecule has 42 heavy (non-hydrogen) atoms. The number of phosphoric ester groups is 1. The lowest BCUT2D eigenvalue weighted by molar-refractivity contribution is -0.160. The molecule has 0 aliphatic heterocycles. The van der Waals surface area contributed by atoms with Crippen molar-refractivity contribution in [2.24, 2.45) is 5.73 Å². The number of allylic oxidation sites excluding steroid dienone is 9. The summed E-state index contributed by atoms with van der Waals surface area (Å²) in [6, 6.07) is 0. The van der Waals surface area contributed by atoms with Crippen LogP contribution >= 0.6 is 7.82 Å². The van der Waals surface area contributed by atoms with Crippen LogP contribution in [0, 0.1) is 0 Å². The minimum absolute atomic E-state index is 0.00378. The fourth-order valence-electron chi connectivity index (χ4n) is 3.47. The van der Waals surface area contributed by atoms with Crippen molar-refractivity contribution in [1.29, 1.82) is 0 Å². The first kappa shape index (κ1) is 39.7. The van der Waals surface area contributed by atoms with Gasteiger partial charge < -0.3 is 20.1 Å². The van der Waals surface area contributed by atoms with Gasteiger partial charge in [-0.05, 0) is 38.5 Å². The third-order valence-corrected chi connectivity index (χ3v) is 6.69. The molecule has 2 atom stereocenters. The molecule has 0 saturated carbocycles. The van der Waals surface area contributed by atoms with E-state index in [1.54, 1.807) is 6.08 Å². The van der Waals surface area contributed by atoms with Gasteiger partial charge in [0.2, 0.25) is 0 Å². The van der Waals surface area contributed by atoms with E-state index in [2.05, 4.69) is 56.4 Å². The van der Waals surface area contributed by atoms with Crippen molar-refractivity contribution in [2.75, 3.05) is 26.4 Å². The van der Waals surface area contributed by atoms with Crippen molar-refractivity contribution in [3.63, 3.8) is 0 Å². The molecule has 0 heterocycles. The van der Waals surface area contributed by atoms with Crippen molar-refractivity contribution in [1.82, 2.24) is 0 Å². The molecule has 0 spiro atoms. The summed E-state index contributed by atoms with van der Waals surface area (Å²) in [4.78, 5) is 34.2. The van der Waals surface area contributed by atoms with Gasteiger partial charge in [0.05, 0.1) is 19.6 Å². The maximum absolute atomic E-state index is 12.3. The van der Waals surface area contributed by atoms with Crippen LogP contribution in [0.1, 0.15) is 97.3 Å². The second kappa shape index (κ2) is 28.8. The largest absolute Gasteiger partial charge is 0.472 e. The van der Waals surface area contributed by atoms with E-state index < -0.39 is 32.5 Å². The minimum Gasteiger partial charge on any atom is -0.462 e. The van der Waals surface area contributed by atoms with Gasteiger partial charge >= 0.3 is 19.8 Å². The van der Waals surface area contributed by atoms with Gasteiger partial charge in [-0.25, -0.2) is 4.57 Å². The normalized spacial score (nSPS) is 14.5. The van der Waals surface area contributed by atoms with Gasteiger partial charge in [0.1, 0.15) is 6.61 Å². The Kier molecular flexibility index (Phi) is 27.2. The Morgan fingerprint density at radius 1 is 0.738 bits per heavy atom. The van der Waals surface area contributed by atoms with Crippen molar-refractivity contribution >= 4 is 19.8 Å². The molecule has 0 aliphatic carbocycles. The molecule has 0 aromatic rings. The van der Waals surface area contributed by atoms with Crippen molar-refractivity contribution in [3.05, 3.63) is 60.8 Å². The fourth-order valence-corrected chi connectivity index (χ4v) is 4.24. The van der Waals surface area contributed by atoms with E-state index in [9.17, 15) is 19.0 Å². The summed E-state index contributed by atoms with van der Waals surface area (Å²) in [5.41, 5.74) is 5.29. The molecule has 0 aliphatic rings. The maximum Gasteiger partial charge on any atom is 0.472 e. The summed E-state index contributed by atoms with van der Waals surface area (Å²) in [6.45, 7) is 3.37. The average Bonchev–Trinajstić information content (AvgIpc) is 2.97. The summed E-state index contributed by atoms with van der Waals surface area (Å²) in [5.74, 6) is -0.997. The molecule has 0 fully saturated rings. The summed E-state index contributed by atoms with van der Waals surface area (Å²) in [5, 5.41) is 0. The lowest BCUT2D eigenvalue weighted by Gasteiger charge is -2.19. The van der Waals surface area contributed by atoms with Crippen molar-refractivity contribution in [3.8, 4) is 0 Å². The Bertz CT molecular complexity index is 882. The van der Waals surface area contributed by atoms with Gasteiger partial charge in [-0.3, -0.25) is 18.6 Å². The summed E-state index contributed by atoms with van der Waals surface area (Å²) >= 11 is 0. The molecule has 9 nitrogen and oxygen atoms in total. The zero-order chi connectivity index (χ0) is 31.2. The highest BCUT2D eigenvalue weighted by molar-refractivity contribution is 7.47. The number of ether oxygens (including phenoxy) is 2. The lowest BCUT2D eigenvalue weighted by Crippen LogP contribution is -2.29. The number of carbonyl (C=O) groups excluding carboxylic acids is 2. The first-order valence-electron chi connectivity index (χ1n) is 15.3. The van der Waals surface area contributed by atoms with Crippen LogP contribution in [-0.2, 0) is 32.7 Å². The smallest absolute Gasteiger partial charge is 0.462 e. The summed E-state index contributed by atoms with van der Waals surface area (Å²) < 4.78 is 32.2. The zero-order valence-corrected chi connectivity index (χ0v) is 26.6. The van der Waals surface area contributed by atoms with Crippen LogP contribution in [0.15, 0.2) is 60.8 Å². The minimum atomic E-state index is -4.38. The molecule has 2 unspecified atom stereocenters. The van der Waals surface area contributed by atoms with Crippen LogP contribution in [0.5, 0.6) is 0 Å². The molecular formula is C32H54NO8P. The monoisotopic (exact) mass is 611 g/mol. The highest BCUT2D eigenvalue weighted by Crippen LogP contribution is 2.43. The number of hydrogen-bond acceptors (Lipinski definition) is 8. The van der Waals surface area contributed by atoms with Crippen LogP contribution in [0.4, 0.5) is 0 Å². The third kappa shape index (κ3) is 27.9. The molecule has 0 aromatic heterocycles. The van der Waals surface area contributed by atoms with Crippen LogP contribution in [0.2, 0.25) is 0 Å². The van der Waals surface area contributed by atoms with Gasteiger partial charge in [-0.1, -0.05) is 107 Å². The first-order valence-corrected chi connectivity index (χ1v) is 16.8. The van der Waals surface area contributed by atoms with Crippen LogP contribution in [-0.4, -0.2) is 49.3 Å². The van der Waals surface area contributed by atoms with Gasteiger partial charge in [-0.15, -0.1) is 0 Å². The average molecular weight is 612 g/mol. The van der Waals surface area contributed by atoms with Crippen molar-refractivity contribution in [2.45, 2.75) is 103 Å². The number of unbranched alkanes of at least 4 members (excludes halogenated alkanes) is 5. The zero-order valence-electron chi connectivity index (χ0n) is 25.7. The molecular weight excluding hydrogens is 557 g/mol. The second-order valence-corrected chi connectivity index (χ2v) is 11.1. The van der Waals surface area contributed by atoms with Crippen LogP contribution in [0.3, 0.4) is 0 Å². The number of nitrogens with two attached hydrogens (primary N) is 1. The van der Waals surface area contributed by atoms with E-state index >= 15 is 0 Å². The predicted molar refractivity (Wildman–Crippen MR) is 169 cm³/mol. The molecule has 0 radical (unpaired) electrons. The molecule has 240 valence electrons. The van der Waals surface area contributed by atoms with E-state index in [1.807, 2.05) is 12.2 Å². The quantitative estimate of drug-likeness (QED) is 0.0421. The van der Waals surface area contributed by atoms with E-state index in [4.69, 9.17) is 24.3 Å². The lowest BCUT2D eigenvalue weighted by atomic mass is 10.1. The number of carbonyl (C=O) groups is 2. The Labute approximate surface area is 253 Å². The molecule has 0 saturated heterocycles. The van der Waals surface area contributed by atoms with E-state index in [0.29, 0.717) is 12.8 Å². The second-order valence-electron chi connectivity index (χ2n) is 9.61. The van der Waals surface area contributed by atoms with Crippen LogP contribution < -0.4 is 5.73 Å². The maximum atomic E-state index is 12.3. The molecule has 3 N–H and O–H groups in total. The third-order valence-electron chi connectivity index (χ3n) is 5.70. The predicted octanol–water partition coefficient (Wildman–Crippen LogP) is 7.43. The first-order chi connectivity index (χ1) is 20.3. The Morgan fingerprint density at radius 3 is 1.86 bits per heavy atom. The van der Waals surface area contributed by atoms with Gasteiger partial charge in [-0.2, -0.15) is 0 Å². The van der Waals surface area contributed by atoms with E-state index in [-0.39, 0.29) is 32.6 Å². The number of rotatable bonds is 27. The topological polar surface area (TPSA) is 134 Å². The highest BCUT2D eigenvalue weighted by atomic mass is 31.2. The molecule has 0 aromatic carbocycles. The number of phosphoric acid groups is 1. The van der Waals surface area contributed by atoms with E-state index in [0.717, 1.165) is 51.4 Å². The van der Waals surface area contributed by atoms with Gasteiger partial charge in [0.25, 0.3) is 0 Å². The molecule has 0 rings (SSSR count). The highest BCUT2D eigenvalue weighted by Gasteiger charge is 2.25. The van der Waals surface area contributed by atoms with Gasteiger partial charge in [0, 0.05) is 13.0 Å². The summed E-state index contributed by atoms with van der Waals surface area (Å²) in [7, 11) is -4.38. The SMILES string of the molecule is CC/C=C\C/C=C\C/C=C\C/C=C\C/C=C\CC(=O)OC(COC(=O)CCCCCCCC)COP(=O)(O)OCCN. The summed E-state index contributed by atoms with van der Waals surface area (Å²) in [6.07, 6.45) is 30.3. The number of hydrogen-bond donors (Lipinski definition) is 2. The fraction of sp³-hybridized carbons (Fsp3) is 0.625. The Hall–Kier alpha value is -2.29. The number of esters is 2. The van der Waals surface area contributed by atoms with Gasteiger partial charge in [0.15, 0.2) is 6.10 Å². The Morgan fingerprint density at radius 2 is 1.29 bits per heavy atom. The van der Waals surface area contributed by atoms with Crippen LogP contribution in [0.25, 0.3) is 0 Å². The molecule has 0 amide bonds. The molecule has 10 heteroatoms. The Balaban J connectivity index is 4.50.